The number of fused-ring (bicyclic) bond motifs is 3. The molecule has 0 aromatic heterocycles. The van der Waals surface area contributed by atoms with Crippen molar-refractivity contribution < 1.29 is 0 Å². The molecule has 19 heavy (non-hydrogen) atoms. The van der Waals surface area contributed by atoms with Crippen LogP contribution in [0.25, 0.3) is 10.8 Å². The lowest BCUT2D eigenvalue weighted by molar-refractivity contribution is 1.00. The summed E-state index contributed by atoms with van der Waals surface area (Å²) in [6, 6.07) is 23.8. The van der Waals surface area contributed by atoms with Gasteiger partial charge in [-0.1, -0.05) is 48.5 Å². The molecule has 4 rings (SSSR count). The van der Waals surface area contributed by atoms with Gasteiger partial charge in [0.25, 0.3) is 0 Å². The van der Waals surface area contributed by atoms with Crippen LogP contribution in [0.15, 0.2) is 66.7 Å². The molecule has 0 spiro atoms. The van der Waals surface area contributed by atoms with Crippen molar-refractivity contribution in [1.82, 2.24) is 0 Å². The van der Waals surface area contributed by atoms with Gasteiger partial charge in [-0.25, -0.2) is 0 Å². The molecule has 0 aliphatic carbocycles. The van der Waals surface area contributed by atoms with E-state index in [0.717, 1.165) is 13.0 Å². The lowest BCUT2D eigenvalue weighted by Crippen LogP contribution is -2.12. The molecule has 1 nitrogen and oxygen atoms in total. The Morgan fingerprint density at radius 2 is 1.53 bits per heavy atom. The highest BCUT2D eigenvalue weighted by Crippen LogP contribution is 2.38. The minimum Gasteiger partial charge on any atom is -0.341 e. The predicted octanol–water partition coefficient (Wildman–Crippen LogP) is 4.53. The smallest absolute Gasteiger partial charge is 0.0450 e. The summed E-state index contributed by atoms with van der Waals surface area (Å²) in [6.45, 7) is 1.08. The van der Waals surface area contributed by atoms with Gasteiger partial charge >= 0.3 is 0 Å². The Morgan fingerprint density at radius 3 is 2.42 bits per heavy atom. The molecule has 0 N–H and O–H groups in total. The van der Waals surface area contributed by atoms with Crippen molar-refractivity contribution in [1.29, 1.82) is 0 Å². The van der Waals surface area contributed by atoms with E-state index in [1.807, 2.05) is 0 Å². The Morgan fingerprint density at radius 1 is 0.737 bits per heavy atom. The van der Waals surface area contributed by atoms with Crippen molar-refractivity contribution in [3.05, 3.63) is 72.3 Å². The average molecular weight is 245 g/mol. The zero-order chi connectivity index (χ0) is 12.7. The van der Waals surface area contributed by atoms with Gasteiger partial charge in [0.15, 0.2) is 0 Å². The van der Waals surface area contributed by atoms with E-state index in [2.05, 4.69) is 71.6 Å². The topological polar surface area (TPSA) is 3.24 Å². The summed E-state index contributed by atoms with van der Waals surface area (Å²) in [4.78, 5) is 2.42. The van der Waals surface area contributed by atoms with Crippen LogP contribution in [0.5, 0.6) is 0 Å². The van der Waals surface area contributed by atoms with Crippen molar-refractivity contribution in [2.24, 2.45) is 0 Å². The van der Waals surface area contributed by atoms with Crippen LogP contribution in [0.2, 0.25) is 0 Å². The zero-order valence-electron chi connectivity index (χ0n) is 10.7. The summed E-state index contributed by atoms with van der Waals surface area (Å²) >= 11 is 0. The molecule has 92 valence electrons. The monoisotopic (exact) mass is 245 g/mol. The van der Waals surface area contributed by atoms with Crippen LogP contribution in [-0.2, 0) is 6.42 Å². The SMILES string of the molecule is c1ccc(N2CCc3c2ccc2ccccc32)cc1. The summed E-state index contributed by atoms with van der Waals surface area (Å²) in [5, 5.41) is 2.74. The van der Waals surface area contributed by atoms with E-state index in [1.165, 1.54) is 27.7 Å². The highest BCUT2D eigenvalue weighted by Gasteiger charge is 2.21. The second-order valence-electron chi connectivity index (χ2n) is 5.02. The Bertz CT molecular complexity index is 731. The highest BCUT2D eigenvalue weighted by molar-refractivity contribution is 5.92. The first-order chi connectivity index (χ1) is 9.43. The predicted molar refractivity (Wildman–Crippen MR) is 81.1 cm³/mol. The Hall–Kier alpha value is -2.28. The number of hydrogen-bond acceptors (Lipinski definition) is 1. The molecule has 3 aromatic carbocycles. The van der Waals surface area contributed by atoms with Gasteiger partial charge < -0.3 is 4.90 Å². The van der Waals surface area contributed by atoms with E-state index in [0.29, 0.717) is 0 Å². The second-order valence-corrected chi connectivity index (χ2v) is 5.02. The maximum absolute atomic E-state index is 2.42. The van der Waals surface area contributed by atoms with Gasteiger partial charge in [-0.3, -0.25) is 0 Å². The van der Waals surface area contributed by atoms with E-state index in [1.54, 1.807) is 0 Å². The van der Waals surface area contributed by atoms with Crippen molar-refractivity contribution in [3.63, 3.8) is 0 Å². The van der Waals surface area contributed by atoms with E-state index in [-0.39, 0.29) is 0 Å². The Labute approximate surface area is 113 Å². The molecule has 0 unspecified atom stereocenters. The van der Waals surface area contributed by atoms with Gasteiger partial charge in [-0.2, -0.15) is 0 Å². The third kappa shape index (κ3) is 1.62. The van der Waals surface area contributed by atoms with Gasteiger partial charge in [0.1, 0.15) is 0 Å². The fourth-order valence-electron chi connectivity index (χ4n) is 3.06. The number of nitrogens with zero attached hydrogens (tertiary/aromatic N) is 1. The number of para-hydroxylation sites is 1. The van der Waals surface area contributed by atoms with Crippen LogP contribution in [0.4, 0.5) is 11.4 Å². The average Bonchev–Trinajstić information content (AvgIpc) is 2.92. The summed E-state index contributed by atoms with van der Waals surface area (Å²) in [5.74, 6) is 0. The summed E-state index contributed by atoms with van der Waals surface area (Å²) in [6.07, 6.45) is 1.13. The molecule has 0 bridgehead atoms. The van der Waals surface area contributed by atoms with Gasteiger partial charge in [0.05, 0.1) is 0 Å². The van der Waals surface area contributed by atoms with Gasteiger partial charge in [-0.15, -0.1) is 0 Å². The van der Waals surface area contributed by atoms with Crippen LogP contribution in [-0.4, -0.2) is 6.54 Å². The second kappa shape index (κ2) is 4.13. The molecule has 0 amide bonds. The molecule has 0 radical (unpaired) electrons. The molecule has 1 heteroatoms. The largest absolute Gasteiger partial charge is 0.341 e. The number of anilines is 2. The normalized spacial score (nSPS) is 13.8. The number of rotatable bonds is 1. The lowest BCUT2D eigenvalue weighted by Gasteiger charge is -2.19. The molecule has 1 aliphatic rings. The third-order valence-electron chi connectivity index (χ3n) is 3.96. The van der Waals surface area contributed by atoms with Crippen molar-refractivity contribution in [3.8, 4) is 0 Å². The standard InChI is InChI=1S/C18H15N/c1-2-7-15(8-3-1)19-13-12-17-16-9-5-4-6-14(16)10-11-18(17)19/h1-11H,12-13H2. The van der Waals surface area contributed by atoms with E-state index in [4.69, 9.17) is 0 Å². The number of hydrogen-bond donors (Lipinski definition) is 0. The van der Waals surface area contributed by atoms with Crippen LogP contribution in [0.3, 0.4) is 0 Å². The molecule has 3 aromatic rings. The van der Waals surface area contributed by atoms with Crippen LogP contribution >= 0.6 is 0 Å². The third-order valence-corrected chi connectivity index (χ3v) is 3.96. The van der Waals surface area contributed by atoms with Crippen molar-refractivity contribution in [2.45, 2.75) is 6.42 Å². The highest BCUT2D eigenvalue weighted by atomic mass is 15.2. The Balaban J connectivity index is 1.90. The molecular formula is C18H15N. The van der Waals surface area contributed by atoms with Gasteiger partial charge in [-0.05, 0) is 41.0 Å². The van der Waals surface area contributed by atoms with Crippen LogP contribution < -0.4 is 4.90 Å². The van der Waals surface area contributed by atoms with Crippen molar-refractivity contribution >= 4 is 22.1 Å². The van der Waals surface area contributed by atoms with Gasteiger partial charge in [0, 0.05) is 17.9 Å². The summed E-state index contributed by atoms with van der Waals surface area (Å²) in [7, 11) is 0. The van der Waals surface area contributed by atoms with Gasteiger partial charge in [0.2, 0.25) is 0 Å². The fraction of sp³-hybridized carbons (Fsp3) is 0.111. The first-order valence-corrected chi connectivity index (χ1v) is 6.77. The Kier molecular flexibility index (Phi) is 2.31. The fourth-order valence-corrected chi connectivity index (χ4v) is 3.06. The van der Waals surface area contributed by atoms with E-state index >= 15 is 0 Å². The molecule has 0 fully saturated rings. The first-order valence-electron chi connectivity index (χ1n) is 6.77. The van der Waals surface area contributed by atoms with E-state index in [9.17, 15) is 0 Å². The molecule has 0 atom stereocenters. The number of benzene rings is 3. The molecular weight excluding hydrogens is 230 g/mol. The molecule has 0 saturated heterocycles. The maximum atomic E-state index is 2.42. The van der Waals surface area contributed by atoms with Crippen molar-refractivity contribution in [2.75, 3.05) is 11.4 Å². The lowest BCUT2D eigenvalue weighted by atomic mass is 10.0. The quantitative estimate of drug-likeness (QED) is 0.608. The molecule has 1 aliphatic heterocycles. The molecule has 1 heterocycles. The minimum absolute atomic E-state index is 1.08. The summed E-state index contributed by atoms with van der Waals surface area (Å²) in [5.41, 5.74) is 4.14. The first kappa shape index (κ1) is 10.6. The minimum atomic E-state index is 1.08. The van der Waals surface area contributed by atoms with Crippen LogP contribution in [0.1, 0.15) is 5.56 Å². The maximum Gasteiger partial charge on any atom is 0.0450 e. The molecule has 0 saturated carbocycles. The van der Waals surface area contributed by atoms with E-state index < -0.39 is 0 Å². The summed E-state index contributed by atoms with van der Waals surface area (Å²) < 4.78 is 0. The zero-order valence-corrected chi connectivity index (χ0v) is 10.7. The van der Waals surface area contributed by atoms with Crippen LogP contribution in [0, 0.1) is 0 Å².